The fraction of sp³-hybridized carbons (Fsp3) is 0.462. The molecule has 3 nitrogen and oxygen atoms in total. The molecular formula is C13H16N2O. The van der Waals surface area contributed by atoms with Gasteiger partial charge in [0, 0.05) is 0 Å². The van der Waals surface area contributed by atoms with Crippen LogP contribution in [0.4, 0.5) is 0 Å². The molecule has 0 amide bonds. The quantitative estimate of drug-likeness (QED) is 0.837. The number of ether oxygens (including phenoxy) is 1. The van der Waals surface area contributed by atoms with Crippen LogP contribution in [-0.4, -0.2) is 12.1 Å². The van der Waals surface area contributed by atoms with Crippen LogP contribution in [-0.2, 0) is 0 Å². The van der Waals surface area contributed by atoms with Crippen LogP contribution >= 0.6 is 0 Å². The fourth-order valence-electron chi connectivity index (χ4n) is 1.76. The summed E-state index contributed by atoms with van der Waals surface area (Å²) in [5.41, 5.74) is 6.27. The van der Waals surface area contributed by atoms with Gasteiger partial charge in [-0.1, -0.05) is 18.2 Å². The van der Waals surface area contributed by atoms with Gasteiger partial charge >= 0.3 is 0 Å². The zero-order valence-corrected chi connectivity index (χ0v) is 9.44. The normalized spacial score (nSPS) is 18.6. The maximum Gasteiger partial charge on any atom is 0.141 e. The van der Waals surface area contributed by atoms with E-state index in [0.29, 0.717) is 5.92 Å². The average molecular weight is 216 g/mol. The molecule has 1 atom stereocenters. The molecule has 1 saturated carbocycles. The van der Waals surface area contributed by atoms with Crippen molar-refractivity contribution in [3.8, 4) is 11.8 Å². The highest BCUT2D eigenvalue weighted by Crippen LogP contribution is 2.38. The topological polar surface area (TPSA) is 59.0 Å². The zero-order valence-electron chi connectivity index (χ0n) is 9.44. The molecule has 0 heterocycles. The summed E-state index contributed by atoms with van der Waals surface area (Å²) >= 11 is 0. The molecule has 3 heteroatoms. The van der Waals surface area contributed by atoms with E-state index >= 15 is 0 Å². The number of para-hydroxylation sites is 1. The summed E-state index contributed by atoms with van der Waals surface area (Å²) in [6.45, 7) is 2.26. The van der Waals surface area contributed by atoms with Crippen molar-refractivity contribution in [2.24, 2.45) is 11.7 Å². The van der Waals surface area contributed by atoms with Crippen LogP contribution < -0.4 is 10.5 Å². The number of nitriles is 1. The molecular weight excluding hydrogens is 200 g/mol. The summed E-state index contributed by atoms with van der Waals surface area (Å²) in [4.78, 5) is 0. The lowest BCUT2D eigenvalue weighted by Crippen LogP contribution is -2.46. The first-order valence-electron chi connectivity index (χ1n) is 5.54. The van der Waals surface area contributed by atoms with Gasteiger partial charge in [-0.15, -0.1) is 0 Å². The largest absolute Gasteiger partial charge is 0.490 e. The molecule has 1 aromatic rings. The lowest BCUT2D eigenvalue weighted by atomic mass is 9.98. The van der Waals surface area contributed by atoms with E-state index in [-0.39, 0.29) is 6.61 Å². The minimum absolute atomic E-state index is 0.277. The number of hydrogen-bond donors (Lipinski definition) is 1. The smallest absolute Gasteiger partial charge is 0.141 e. The number of aryl methyl sites for hydroxylation is 1. The van der Waals surface area contributed by atoms with E-state index in [1.807, 2.05) is 31.2 Å². The van der Waals surface area contributed by atoms with E-state index in [1.54, 1.807) is 0 Å². The van der Waals surface area contributed by atoms with Crippen molar-refractivity contribution in [2.75, 3.05) is 6.61 Å². The minimum Gasteiger partial charge on any atom is -0.490 e. The van der Waals surface area contributed by atoms with Gasteiger partial charge in [-0.25, -0.2) is 0 Å². The molecule has 1 aromatic carbocycles. The van der Waals surface area contributed by atoms with Gasteiger partial charge < -0.3 is 10.5 Å². The molecule has 0 bridgehead atoms. The van der Waals surface area contributed by atoms with Crippen LogP contribution in [0.5, 0.6) is 5.75 Å². The standard InChI is InChI=1S/C13H16N2O/c1-10-4-2-3-5-12(10)16-9-13(15,8-14)11-6-7-11/h2-5,11H,6-7,9,15H2,1H3. The molecule has 1 aliphatic rings. The highest BCUT2D eigenvalue weighted by Gasteiger charge is 2.43. The molecule has 1 fully saturated rings. The Labute approximate surface area is 95.8 Å². The average Bonchev–Trinajstić information content (AvgIpc) is 3.12. The zero-order chi connectivity index (χ0) is 11.6. The van der Waals surface area contributed by atoms with Crippen molar-refractivity contribution in [1.82, 2.24) is 0 Å². The summed E-state index contributed by atoms with van der Waals surface area (Å²) in [6.07, 6.45) is 2.09. The fourth-order valence-corrected chi connectivity index (χ4v) is 1.76. The number of nitrogens with zero attached hydrogens (tertiary/aromatic N) is 1. The van der Waals surface area contributed by atoms with Gasteiger partial charge in [0.15, 0.2) is 0 Å². The predicted octanol–water partition coefficient (Wildman–Crippen LogP) is 2.00. The van der Waals surface area contributed by atoms with Gasteiger partial charge in [0.1, 0.15) is 17.9 Å². The first-order valence-corrected chi connectivity index (χ1v) is 5.54. The van der Waals surface area contributed by atoms with E-state index in [1.165, 1.54) is 0 Å². The summed E-state index contributed by atoms with van der Waals surface area (Å²) in [6, 6.07) is 9.95. The number of benzene rings is 1. The number of rotatable bonds is 4. The Morgan fingerprint density at radius 1 is 1.50 bits per heavy atom. The number of nitrogens with two attached hydrogens (primary N) is 1. The van der Waals surface area contributed by atoms with Crippen molar-refractivity contribution in [3.05, 3.63) is 29.8 Å². The molecule has 16 heavy (non-hydrogen) atoms. The first kappa shape index (κ1) is 11.0. The van der Waals surface area contributed by atoms with Crippen molar-refractivity contribution >= 4 is 0 Å². The Balaban J connectivity index is 2.02. The van der Waals surface area contributed by atoms with Crippen LogP contribution in [0, 0.1) is 24.2 Å². The van der Waals surface area contributed by atoms with Crippen LogP contribution in [0.25, 0.3) is 0 Å². The molecule has 0 aliphatic heterocycles. The van der Waals surface area contributed by atoms with E-state index in [9.17, 15) is 0 Å². The second kappa shape index (κ2) is 4.15. The minimum atomic E-state index is -0.817. The Kier molecular flexibility index (Phi) is 2.84. The molecule has 0 saturated heterocycles. The lowest BCUT2D eigenvalue weighted by molar-refractivity contribution is 0.235. The predicted molar refractivity (Wildman–Crippen MR) is 61.9 cm³/mol. The Hall–Kier alpha value is -1.53. The van der Waals surface area contributed by atoms with Crippen LogP contribution in [0.1, 0.15) is 18.4 Å². The van der Waals surface area contributed by atoms with E-state index in [2.05, 4.69) is 6.07 Å². The summed E-state index contributed by atoms with van der Waals surface area (Å²) in [5.74, 6) is 1.12. The van der Waals surface area contributed by atoms with Crippen LogP contribution in [0.3, 0.4) is 0 Å². The van der Waals surface area contributed by atoms with E-state index < -0.39 is 5.54 Å². The molecule has 0 spiro atoms. The summed E-state index contributed by atoms with van der Waals surface area (Å²) < 4.78 is 5.65. The molecule has 2 N–H and O–H groups in total. The van der Waals surface area contributed by atoms with E-state index in [4.69, 9.17) is 15.7 Å². The summed E-state index contributed by atoms with van der Waals surface area (Å²) in [5, 5.41) is 9.09. The third-order valence-corrected chi connectivity index (χ3v) is 3.07. The Bertz CT molecular complexity index is 420. The molecule has 0 radical (unpaired) electrons. The van der Waals surface area contributed by atoms with Crippen molar-refractivity contribution < 1.29 is 4.74 Å². The van der Waals surface area contributed by atoms with Gasteiger partial charge in [0.25, 0.3) is 0 Å². The van der Waals surface area contributed by atoms with Gasteiger partial charge in [-0.05, 0) is 37.3 Å². The maximum absolute atomic E-state index is 9.09. The maximum atomic E-state index is 9.09. The Morgan fingerprint density at radius 2 is 2.19 bits per heavy atom. The first-order chi connectivity index (χ1) is 7.65. The number of hydrogen-bond acceptors (Lipinski definition) is 3. The van der Waals surface area contributed by atoms with Crippen molar-refractivity contribution in [2.45, 2.75) is 25.3 Å². The third-order valence-electron chi connectivity index (χ3n) is 3.07. The molecule has 1 unspecified atom stereocenters. The second-order valence-electron chi connectivity index (χ2n) is 4.48. The highest BCUT2D eigenvalue weighted by atomic mass is 16.5. The van der Waals surface area contributed by atoms with Gasteiger partial charge in [-0.2, -0.15) is 5.26 Å². The molecule has 84 valence electrons. The van der Waals surface area contributed by atoms with Crippen LogP contribution in [0.15, 0.2) is 24.3 Å². The van der Waals surface area contributed by atoms with Gasteiger partial charge in [0.2, 0.25) is 0 Å². The highest BCUT2D eigenvalue weighted by molar-refractivity contribution is 5.32. The van der Waals surface area contributed by atoms with Gasteiger partial charge in [-0.3, -0.25) is 0 Å². The lowest BCUT2D eigenvalue weighted by Gasteiger charge is -2.21. The third kappa shape index (κ3) is 2.17. The van der Waals surface area contributed by atoms with Crippen LogP contribution in [0.2, 0.25) is 0 Å². The molecule has 2 rings (SSSR count). The second-order valence-corrected chi connectivity index (χ2v) is 4.48. The van der Waals surface area contributed by atoms with E-state index in [0.717, 1.165) is 24.2 Å². The summed E-state index contributed by atoms with van der Waals surface area (Å²) in [7, 11) is 0. The molecule has 1 aliphatic carbocycles. The Morgan fingerprint density at radius 3 is 2.75 bits per heavy atom. The molecule has 0 aromatic heterocycles. The van der Waals surface area contributed by atoms with Crippen molar-refractivity contribution in [1.29, 1.82) is 5.26 Å². The van der Waals surface area contributed by atoms with Gasteiger partial charge in [0.05, 0.1) is 6.07 Å². The van der Waals surface area contributed by atoms with Crippen molar-refractivity contribution in [3.63, 3.8) is 0 Å². The SMILES string of the molecule is Cc1ccccc1OCC(N)(C#N)C1CC1. The monoisotopic (exact) mass is 216 g/mol.